The zero-order valence-corrected chi connectivity index (χ0v) is 23.5. The lowest BCUT2D eigenvalue weighted by Crippen LogP contribution is -2.44. The highest BCUT2D eigenvalue weighted by atomic mass is 19.1. The zero-order chi connectivity index (χ0) is 29.0. The lowest BCUT2D eigenvalue weighted by molar-refractivity contribution is 0.0966. The summed E-state index contributed by atoms with van der Waals surface area (Å²) in [5, 5.41) is 9.89. The minimum absolute atomic E-state index is 0.246. The summed E-state index contributed by atoms with van der Waals surface area (Å²) < 4.78 is 44.3. The Balaban J connectivity index is 1.31. The maximum atomic E-state index is 15.4. The Morgan fingerprint density at radius 2 is 1.98 bits per heavy atom. The maximum Gasteiger partial charge on any atom is 0.225 e. The zero-order valence-electron chi connectivity index (χ0n) is 23.5. The third kappa shape index (κ3) is 4.35. The SMILES string of the molecule is CCn1cnc2c(-c3ccc(F)c(-c4cnc(C5=c6ccc(OC)cc6=NC5[C@H]5CCN(C)C[C@H]5F)o4)c3)cnnc21. The quantitative estimate of drug-likeness (QED) is 0.307. The fraction of sp³-hybridized carbons (Fsp3) is 0.323. The number of hydrogen-bond donors (Lipinski definition) is 0. The first-order chi connectivity index (χ1) is 20.4. The number of nitrogens with zero attached hydrogens (tertiary/aromatic N) is 7. The third-order valence-corrected chi connectivity index (χ3v) is 8.29. The molecule has 0 aliphatic carbocycles. The smallest absolute Gasteiger partial charge is 0.225 e. The number of benzene rings is 2. The fourth-order valence-electron chi connectivity index (χ4n) is 6.05. The molecule has 1 unspecified atom stereocenters. The molecule has 3 aromatic heterocycles. The number of rotatable bonds is 6. The molecule has 2 aliphatic rings. The number of alkyl halides is 1. The Morgan fingerprint density at radius 3 is 2.79 bits per heavy atom. The largest absolute Gasteiger partial charge is 0.497 e. The monoisotopic (exact) mass is 569 g/mol. The summed E-state index contributed by atoms with van der Waals surface area (Å²) in [6.45, 7) is 3.81. The van der Waals surface area contributed by atoms with Crippen LogP contribution in [-0.4, -0.2) is 69.1 Å². The summed E-state index contributed by atoms with van der Waals surface area (Å²) in [7, 11) is 3.52. The van der Waals surface area contributed by atoms with Gasteiger partial charge >= 0.3 is 0 Å². The topological polar surface area (TPSA) is 94.5 Å². The average Bonchev–Trinajstić information content (AvgIpc) is 3.73. The van der Waals surface area contributed by atoms with Crippen molar-refractivity contribution in [1.82, 2.24) is 29.6 Å². The molecule has 5 aromatic rings. The van der Waals surface area contributed by atoms with Gasteiger partial charge in [0.15, 0.2) is 11.4 Å². The molecule has 2 aliphatic heterocycles. The Bertz CT molecular complexity index is 1940. The average molecular weight is 570 g/mol. The van der Waals surface area contributed by atoms with Crippen molar-refractivity contribution in [2.24, 2.45) is 10.9 Å². The number of oxazole rings is 1. The van der Waals surface area contributed by atoms with Gasteiger partial charge in [0.05, 0.1) is 42.8 Å². The van der Waals surface area contributed by atoms with E-state index in [-0.39, 0.29) is 17.2 Å². The van der Waals surface area contributed by atoms with Crippen molar-refractivity contribution in [3.63, 3.8) is 0 Å². The van der Waals surface area contributed by atoms with Crippen molar-refractivity contribution in [3.05, 3.63) is 77.4 Å². The Labute approximate surface area is 240 Å². The molecule has 7 rings (SSSR count). The summed E-state index contributed by atoms with van der Waals surface area (Å²) in [6, 6.07) is 9.88. The van der Waals surface area contributed by atoms with Gasteiger partial charge in [0.25, 0.3) is 0 Å². The number of aromatic nitrogens is 5. The van der Waals surface area contributed by atoms with Crippen molar-refractivity contribution < 1.29 is 17.9 Å². The van der Waals surface area contributed by atoms with E-state index in [1.54, 1.807) is 31.8 Å². The normalized spacial score (nSPS) is 20.6. The van der Waals surface area contributed by atoms with E-state index in [1.165, 1.54) is 12.3 Å². The van der Waals surface area contributed by atoms with Crippen LogP contribution in [0.3, 0.4) is 0 Å². The van der Waals surface area contributed by atoms with Gasteiger partial charge in [-0.2, -0.15) is 5.10 Å². The minimum atomic E-state index is -1.06. The number of piperidine rings is 1. The highest BCUT2D eigenvalue weighted by molar-refractivity contribution is 5.90. The number of halogens is 2. The van der Waals surface area contributed by atoms with Crippen LogP contribution in [0.5, 0.6) is 5.75 Å². The van der Waals surface area contributed by atoms with Crippen molar-refractivity contribution in [3.8, 4) is 28.2 Å². The number of aryl methyl sites for hydroxylation is 1. The number of fused-ring (bicyclic) bond motifs is 2. The maximum absolute atomic E-state index is 15.4. The molecule has 0 N–H and O–H groups in total. The van der Waals surface area contributed by atoms with E-state index in [0.717, 1.165) is 22.9 Å². The molecule has 5 heterocycles. The van der Waals surface area contributed by atoms with Gasteiger partial charge in [0.1, 0.15) is 23.3 Å². The van der Waals surface area contributed by atoms with Crippen LogP contribution < -0.4 is 15.3 Å². The predicted molar refractivity (Wildman–Crippen MR) is 152 cm³/mol. The summed E-state index contributed by atoms with van der Waals surface area (Å²) in [5.41, 5.74) is 3.74. The molecule has 11 heteroatoms. The van der Waals surface area contributed by atoms with Crippen molar-refractivity contribution in [2.75, 3.05) is 27.2 Å². The van der Waals surface area contributed by atoms with E-state index < -0.39 is 18.0 Å². The van der Waals surface area contributed by atoms with Crippen LogP contribution in [0.15, 0.2) is 64.5 Å². The molecule has 42 heavy (non-hydrogen) atoms. The van der Waals surface area contributed by atoms with E-state index in [4.69, 9.17) is 14.1 Å². The van der Waals surface area contributed by atoms with E-state index in [1.807, 2.05) is 41.6 Å². The molecule has 0 saturated carbocycles. The van der Waals surface area contributed by atoms with Crippen LogP contribution in [0.4, 0.5) is 8.78 Å². The highest BCUT2D eigenvalue weighted by Crippen LogP contribution is 2.36. The number of ether oxygens (including phenoxy) is 1. The second kappa shape index (κ2) is 10.4. The van der Waals surface area contributed by atoms with Crippen LogP contribution in [0.2, 0.25) is 0 Å². The first-order valence-corrected chi connectivity index (χ1v) is 14.0. The number of methoxy groups -OCH3 is 1. The molecule has 0 amide bonds. The molecular weight excluding hydrogens is 540 g/mol. The molecule has 2 aromatic carbocycles. The molecule has 0 bridgehead atoms. The van der Waals surface area contributed by atoms with E-state index in [9.17, 15) is 0 Å². The molecule has 1 fully saturated rings. The Morgan fingerprint density at radius 1 is 1.10 bits per heavy atom. The van der Waals surface area contributed by atoms with Crippen LogP contribution in [-0.2, 0) is 6.54 Å². The van der Waals surface area contributed by atoms with Gasteiger partial charge in [0, 0.05) is 41.4 Å². The van der Waals surface area contributed by atoms with Crippen molar-refractivity contribution >= 4 is 16.7 Å². The predicted octanol–water partition coefficient (Wildman–Crippen LogP) is 3.81. The van der Waals surface area contributed by atoms with Crippen LogP contribution >= 0.6 is 0 Å². The van der Waals surface area contributed by atoms with Gasteiger partial charge in [0.2, 0.25) is 5.89 Å². The summed E-state index contributed by atoms with van der Waals surface area (Å²) in [4.78, 5) is 16.0. The van der Waals surface area contributed by atoms with E-state index >= 15 is 8.78 Å². The first-order valence-electron chi connectivity index (χ1n) is 14.0. The minimum Gasteiger partial charge on any atom is -0.497 e. The fourth-order valence-corrected chi connectivity index (χ4v) is 6.05. The number of imidazole rings is 1. The molecule has 1 saturated heterocycles. The Hall–Kier alpha value is -4.51. The van der Waals surface area contributed by atoms with Gasteiger partial charge < -0.3 is 18.6 Å². The van der Waals surface area contributed by atoms with Gasteiger partial charge in [-0.15, -0.1) is 5.10 Å². The van der Waals surface area contributed by atoms with Crippen LogP contribution in [0.1, 0.15) is 19.2 Å². The second-order valence-corrected chi connectivity index (χ2v) is 10.8. The number of hydrogen-bond acceptors (Lipinski definition) is 8. The number of likely N-dealkylation sites (tertiary alicyclic amines) is 1. The molecule has 9 nitrogen and oxygen atoms in total. The van der Waals surface area contributed by atoms with Crippen LogP contribution in [0.25, 0.3) is 39.2 Å². The highest BCUT2D eigenvalue weighted by Gasteiger charge is 2.39. The summed E-state index contributed by atoms with van der Waals surface area (Å²) in [5.74, 6) is 0.423. The lowest BCUT2D eigenvalue weighted by Gasteiger charge is -2.35. The van der Waals surface area contributed by atoms with Crippen LogP contribution in [0, 0.1) is 11.7 Å². The standard InChI is InChI=1S/C31H29F2N7O2/c1-4-40-16-35-29-22(13-36-38-30(29)40)17-5-8-23(32)21(11-17)26-14-34-31(42-26)27-20-7-6-18(41-3)12-25(20)37-28(27)19-9-10-39(2)15-24(19)33/h5-8,11-14,16,19,24,28H,4,9-10,15H2,1-3H3/t19-,24+,28?/m0/s1. The second-order valence-electron chi connectivity index (χ2n) is 10.8. The first kappa shape index (κ1) is 26.4. The van der Waals surface area contributed by atoms with E-state index in [0.29, 0.717) is 53.2 Å². The van der Waals surface area contributed by atoms with Gasteiger partial charge in [-0.25, -0.2) is 18.7 Å². The van der Waals surface area contributed by atoms with Crippen molar-refractivity contribution in [2.45, 2.75) is 32.1 Å². The molecule has 0 radical (unpaired) electrons. The molecule has 0 spiro atoms. The molecule has 3 atom stereocenters. The molecular formula is C31H29F2N7O2. The van der Waals surface area contributed by atoms with Crippen molar-refractivity contribution in [1.29, 1.82) is 0 Å². The Kier molecular flexibility index (Phi) is 6.53. The summed E-state index contributed by atoms with van der Waals surface area (Å²) in [6.07, 6.45) is 4.44. The summed E-state index contributed by atoms with van der Waals surface area (Å²) >= 11 is 0. The van der Waals surface area contributed by atoms with Gasteiger partial charge in [-0.3, -0.25) is 4.99 Å². The van der Waals surface area contributed by atoms with Gasteiger partial charge in [-0.05, 0) is 56.8 Å². The van der Waals surface area contributed by atoms with E-state index in [2.05, 4.69) is 20.2 Å². The molecule has 214 valence electrons. The lowest BCUT2D eigenvalue weighted by atomic mass is 9.84. The van der Waals surface area contributed by atoms with Gasteiger partial charge in [-0.1, -0.05) is 6.07 Å². The third-order valence-electron chi connectivity index (χ3n) is 8.29.